The molecule has 0 unspecified atom stereocenters. The molecule has 0 saturated heterocycles. The highest BCUT2D eigenvalue weighted by Crippen LogP contribution is 2.08. The summed E-state index contributed by atoms with van der Waals surface area (Å²) in [7, 11) is 0. The van der Waals surface area contributed by atoms with Gasteiger partial charge in [-0.05, 0) is 39.7 Å². The molecule has 0 aromatic heterocycles. The van der Waals surface area contributed by atoms with E-state index in [0.717, 1.165) is 6.42 Å². The van der Waals surface area contributed by atoms with Crippen molar-refractivity contribution < 1.29 is 0 Å². The van der Waals surface area contributed by atoms with Gasteiger partial charge < -0.3 is 0 Å². The van der Waals surface area contributed by atoms with Crippen LogP contribution in [0.15, 0.2) is 16.1 Å². The lowest BCUT2D eigenvalue weighted by atomic mass is 10.1. The second-order valence-corrected chi connectivity index (χ2v) is 3.65. The van der Waals surface area contributed by atoms with Crippen molar-refractivity contribution in [2.45, 2.75) is 53.5 Å². The third-order valence-electron chi connectivity index (χ3n) is 1.69. The van der Waals surface area contributed by atoms with Crippen molar-refractivity contribution in [2.24, 2.45) is 4.99 Å². The summed E-state index contributed by atoms with van der Waals surface area (Å²) < 4.78 is 0. The second-order valence-electron chi connectivity index (χ2n) is 3.65. The van der Waals surface area contributed by atoms with Gasteiger partial charge in [0.05, 0.1) is 0 Å². The normalized spacial score (nSPS) is 11.2. The van der Waals surface area contributed by atoms with Gasteiger partial charge in [-0.15, -0.1) is 0 Å². The van der Waals surface area contributed by atoms with Crippen LogP contribution in [0, 0.1) is 0 Å². The van der Waals surface area contributed by atoms with Gasteiger partial charge in [0.1, 0.15) is 0 Å². The lowest BCUT2D eigenvalue weighted by Crippen LogP contribution is -1.93. The number of rotatable bonds is 4. The van der Waals surface area contributed by atoms with Gasteiger partial charge >= 0.3 is 0 Å². The largest absolute Gasteiger partial charge is 0.290 e. The molecule has 12 heavy (non-hydrogen) atoms. The number of hydrogen-bond acceptors (Lipinski definition) is 1. The molecule has 0 radical (unpaired) electrons. The molecular formula is C11H21N. The summed E-state index contributed by atoms with van der Waals surface area (Å²) in [6.07, 6.45) is 4.38. The molecule has 0 heterocycles. The average molecular weight is 167 g/mol. The number of nitrogens with zero attached hydrogens (tertiary/aromatic N) is 1. The molecule has 0 aliphatic heterocycles. The van der Waals surface area contributed by atoms with Crippen molar-refractivity contribution in [3.8, 4) is 0 Å². The molecule has 0 aliphatic rings. The van der Waals surface area contributed by atoms with E-state index in [-0.39, 0.29) is 0 Å². The molecule has 0 fully saturated rings. The van der Waals surface area contributed by atoms with Crippen molar-refractivity contribution in [1.29, 1.82) is 0 Å². The molecule has 1 heteroatoms. The molecule has 1 nitrogen and oxygen atoms in total. The lowest BCUT2D eigenvalue weighted by molar-refractivity contribution is 0.836. The van der Waals surface area contributed by atoms with E-state index in [0.29, 0.717) is 6.04 Å². The maximum absolute atomic E-state index is 4.38. The highest BCUT2D eigenvalue weighted by Gasteiger charge is 1.94. The van der Waals surface area contributed by atoms with E-state index < -0.39 is 0 Å². The Labute approximate surface area is 76.6 Å². The van der Waals surface area contributed by atoms with Crippen LogP contribution in [-0.4, -0.2) is 12.3 Å². The van der Waals surface area contributed by atoms with Gasteiger partial charge in [-0.2, -0.15) is 0 Å². The highest BCUT2D eigenvalue weighted by molar-refractivity contribution is 5.79. The van der Waals surface area contributed by atoms with Gasteiger partial charge in [0, 0.05) is 12.3 Å². The van der Waals surface area contributed by atoms with E-state index in [9.17, 15) is 0 Å². The highest BCUT2D eigenvalue weighted by atomic mass is 14.7. The molecule has 0 aromatic carbocycles. The Morgan fingerprint density at radius 1 is 1.33 bits per heavy atom. The van der Waals surface area contributed by atoms with Crippen molar-refractivity contribution in [2.75, 3.05) is 0 Å². The molecule has 0 aromatic rings. The molecule has 0 saturated carbocycles. The summed E-state index contributed by atoms with van der Waals surface area (Å²) in [6.45, 7) is 10.7. The van der Waals surface area contributed by atoms with Gasteiger partial charge in [0.2, 0.25) is 0 Å². The quantitative estimate of drug-likeness (QED) is 0.567. The molecule has 0 bridgehead atoms. The van der Waals surface area contributed by atoms with E-state index in [1.807, 2.05) is 6.21 Å². The minimum absolute atomic E-state index is 0.413. The Morgan fingerprint density at radius 3 is 2.25 bits per heavy atom. The van der Waals surface area contributed by atoms with Gasteiger partial charge in [-0.25, -0.2) is 0 Å². The fourth-order valence-electron chi connectivity index (χ4n) is 0.952. The van der Waals surface area contributed by atoms with Crippen LogP contribution in [0.1, 0.15) is 47.5 Å². The Balaban J connectivity index is 4.25. The lowest BCUT2D eigenvalue weighted by Gasteiger charge is -2.02. The smallest absolute Gasteiger partial charge is 0.0443 e. The topological polar surface area (TPSA) is 12.4 Å². The SMILES string of the molecule is CCCC(C=NC(C)C)=C(C)C. The standard InChI is InChI=1S/C11H21N/c1-6-7-11(9(2)3)8-12-10(4)5/h8,10H,6-7H2,1-5H3. The molecule has 0 amide bonds. The average Bonchev–Trinajstić information content (AvgIpc) is 1.96. The Bertz CT molecular complexity index is 171. The van der Waals surface area contributed by atoms with Crippen molar-refractivity contribution in [3.05, 3.63) is 11.1 Å². The van der Waals surface area contributed by atoms with Crippen molar-refractivity contribution in [3.63, 3.8) is 0 Å². The molecule has 0 spiro atoms. The molecule has 0 atom stereocenters. The number of aliphatic imine (C=N–C) groups is 1. The summed E-state index contributed by atoms with van der Waals surface area (Å²) in [5.41, 5.74) is 2.78. The third kappa shape index (κ3) is 5.11. The van der Waals surface area contributed by atoms with Crippen LogP contribution in [0.2, 0.25) is 0 Å². The van der Waals surface area contributed by atoms with Gasteiger partial charge in [-0.1, -0.05) is 18.9 Å². The summed E-state index contributed by atoms with van der Waals surface area (Å²) in [5, 5.41) is 0. The molecular weight excluding hydrogens is 146 g/mol. The molecule has 0 N–H and O–H groups in total. The fourth-order valence-corrected chi connectivity index (χ4v) is 0.952. The first-order chi connectivity index (χ1) is 5.57. The number of hydrogen-bond donors (Lipinski definition) is 0. The predicted octanol–water partition coefficient (Wildman–Crippen LogP) is 3.60. The Hall–Kier alpha value is -0.590. The first kappa shape index (κ1) is 11.4. The van der Waals surface area contributed by atoms with E-state index in [4.69, 9.17) is 0 Å². The molecule has 0 rings (SSSR count). The van der Waals surface area contributed by atoms with Crippen LogP contribution < -0.4 is 0 Å². The van der Waals surface area contributed by atoms with E-state index in [1.54, 1.807) is 0 Å². The van der Waals surface area contributed by atoms with Crippen LogP contribution in [0.3, 0.4) is 0 Å². The first-order valence-electron chi connectivity index (χ1n) is 4.77. The van der Waals surface area contributed by atoms with E-state index in [1.165, 1.54) is 17.6 Å². The zero-order valence-corrected chi connectivity index (χ0v) is 9.02. The molecule has 0 aliphatic carbocycles. The van der Waals surface area contributed by atoms with Gasteiger partial charge in [0.25, 0.3) is 0 Å². The Kier molecular flexibility index (Phi) is 5.69. The van der Waals surface area contributed by atoms with Gasteiger partial charge in [0.15, 0.2) is 0 Å². The third-order valence-corrected chi connectivity index (χ3v) is 1.69. The summed E-state index contributed by atoms with van der Waals surface area (Å²) in [4.78, 5) is 4.38. The van der Waals surface area contributed by atoms with Crippen molar-refractivity contribution in [1.82, 2.24) is 0 Å². The predicted molar refractivity (Wildman–Crippen MR) is 56.9 cm³/mol. The summed E-state index contributed by atoms with van der Waals surface area (Å²) >= 11 is 0. The van der Waals surface area contributed by atoms with Crippen LogP contribution in [-0.2, 0) is 0 Å². The fraction of sp³-hybridized carbons (Fsp3) is 0.727. The summed E-state index contributed by atoms with van der Waals surface area (Å²) in [5.74, 6) is 0. The van der Waals surface area contributed by atoms with Crippen LogP contribution in [0.25, 0.3) is 0 Å². The monoisotopic (exact) mass is 167 g/mol. The first-order valence-corrected chi connectivity index (χ1v) is 4.77. The van der Waals surface area contributed by atoms with Crippen molar-refractivity contribution >= 4 is 6.21 Å². The maximum Gasteiger partial charge on any atom is 0.0443 e. The zero-order valence-electron chi connectivity index (χ0n) is 9.02. The van der Waals surface area contributed by atoms with Crippen LogP contribution >= 0.6 is 0 Å². The van der Waals surface area contributed by atoms with Crippen LogP contribution in [0.5, 0.6) is 0 Å². The van der Waals surface area contributed by atoms with Crippen LogP contribution in [0.4, 0.5) is 0 Å². The van der Waals surface area contributed by atoms with Gasteiger partial charge in [-0.3, -0.25) is 4.99 Å². The van der Waals surface area contributed by atoms with E-state index in [2.05, 4.69) is 39.6 Å². The molecule has 70 valence electrons. The second kappa shape index (κ2) is 5.99. The zero-order chi connectivity index (χ0) is 9.56. The summed E-state index contributed by atoms with van der Waals surface area (Å²) in [6, 6.07) is 0.413. The Morgan fingerprint density at radius 2 is 1.92 bits per heavy atom. The van der Waals surface area contributed by atoms with E-state index >= 15 is 0 Å². The number of allylic oxidation sites excluding steroid dienone is 2. The minimum Gasteiger partial charge on any atom is -0.290 e. The maximum atomic E-state index is 4.38. The minimum atomic E-state index is 0.413.